The van der Waals surface area contributed by atoms with Crippen LogP contribution in [0.3, 0.4) is 0 Å². The molecule has 0 fully saturated rings. The van der Waals surface area contributed by atoms with Gasteiger partial charge in [-0.25, -0.2) is 9.97 Å². The lowest BCUT2D eigenvalue weighted by Crippen LogP contribution is -2.34. The van der Waals surface area contributed by atoms with Gasteiger partial charge in [0.2, 0.25) is 0 Å². The molecule has 0 saturated heterocycles. The van der Waals surface area contributed by atoms with Crippen molar-refractivity contribution < 1.29 is 9.59 Å². The normalized spacial score (nSPS) is 15.0. The van der Waals surface area contributed by atoms with Gasteiger partial charge in [-0.3, -0.25) is 9.59 Å². The Kier molecular flexibility index (Phi) is 24.2. The van der Waals surface area contributed by atoms with E-state index in [1.54, 1.807) is 22.7 Å². The highest BCUT2D eigenvalue weighted by atomic mass is 32.1. The fourth-order valence-electron chi connectivity index (χ4n) is 13.2. The van der Waals surface area contributed by atoms with Gasteiger partial charge in [-0.1, -0.05) is 189 Å². The zero-order valence-corrected chi connectivity index (χ0v) is 55.4. The Morgan fingerprint density at radius 3 is 1.60 bits per heavy atom. The van der Waals surface area contributed by atoms with E-state index in [9.17, 15) is 0 Å². The first kappa shape index (κ1) is 64.5. The van der Waals surface area contributed by atoms with Gasteiger partial charge in [0.25, 0.3) is 11.8 Å². The molecule has 0 saturated carbocycles. The van der Waals surface area contributed by atoms with Crippen molar-refractivity contribution in [2.45, 2.75) is 235 Å². The molecule has 0 radical (unpaired) electrons. The number of amides is 2. The van der Waals surface area contributed by atoms with E-state index < -0.39 is 0 Å². The zero-order chi connectivity index (χ0) is 60.4. The minimum absolute atomic E-state index is 0.0445. The third-order valence-corrected chi connectivity index (χ3v) is 20.3. The molecule has 458 valence electrons. The van der Waals surface area contributed by atoms with Gasteiger partial charge in [-0.15, -0.1) is 22.7 Å². The maximum atomic E-state index is 15.4. The number of fused-ring (bicyclic) bond motifs is 11. The number of rotatable bonds is 34. The number of nitrogens with zero attached hydrogens (tertiary/aromatic N) is 4. The van der Waals surface area contributed by atoms with Crippen LogP contribution in [-0.4, -0.2) is 54.6 Å². The summed E-state index contributed by atoms with van der Waals surface area (Å²) in [5.41, 5.74) is 17.0. The van der Waals surface area contributed by atoms with Crippen LogP contribution in [-0.2, 0) is 22.4 Å². The molecule has 4 aliphatic heterocycles. The number of unbranched alkanes of at least 4 members (excludes halogenated alkanes) is 14. The predicted octanol–water partition coefficient (Wildman–Crippen LogP) is 21.4. The molecule has 5 aromatic rings. The lowest BCUT2D eigenvalue weighted by Gasteiger charge is -2.29. The molecule has 8 bridgehead atoms. The highest BCUT2D eigenvalue weighted by Gasteiger charge is 2.50. The van der Waals surface area contributed by atoms with Crippen molar-refractivity contribution in [2.24, 2.45) is 11.8 Å². The summed E-state index contributed by atoms with van der Waals surface area (Å²) >= 11 is 3.22. The smallest absolute Gasteiger partial charge is 0.261 e. The summed E-state index contributed by atoms with van der Waals surface area (Å²) in [4.78, 5) is 56.5. The number of hydrogen-bond donors (Lipinski definition) is 2. The molecule has 0 aromatic carbocycles. The third-order valence-electron chi connectivity index (χ3n) is 18.4. The van der Waals surface area contributed by atoms with Crippen LogP contribution in [0.1, 0.15) is 271 Å². The van der Waals surface area contributed by atoms with E-state index in [4.69, 9.17) is 9.97 Å². The molecule has 0 aliphatic carbocycles. The van der Waals surface area contributed by atoms with Crippen molar-refractivity contribution in [2.75, 3.05) is 13.1 Å². The molecule has 2 unspecified atom stereocenters. The first-order valence-corrected chi connectivity index (χ1v) is 35.8. The predicted molar refractivity (Wildman–Crippen MR) is 368 cm³/mol. The topological polar surface area (TPSA) is 98.0 Å². The van der Waals surface area contributed by atoms with E-state index in [2.05, 4.69) is 143 Å². The molecule has 10 heteroatoms. The lowest BCUT2D eigenvalue weighted by atomic mass is 9.98. The van der Waals surface area contributed by atoms with Crippen LogP contribution in [0.4, 0.5) is 0 Å². The Bertz CT molecular complexity index is 3470. The second-order valence-electron chi connectivity index (χ2n) is 24.9. The summed E-state index contributed by atoms with van der Waals surface area (Å²) in [7, 11) is 0. The Labute approximate surface area is 524 Å². The summed E-state index contributed by atoms with van der Waals surface area (Å²) in [6.07, 6.45) is 33.6. The molecule has 9 heterocycles. The second kappa shape index (κ2) is 32.3. The fourth-order valence-corrected chi connectivity index (χ4v) is 14.9. The van der Waals surface area contributed by atoms with Gasteiger partial charge in [-0.05, 0) is 164 Å². The maximum absolute atomic E-state index is 15.4. The lowest BCUT2D eigenvalue weighted by molar-refractivity contribution is -0.124. The first-order valence-electron chi connectivity index (χ1n) is 34.1. The van der Waals surface area contributed by atoms with Crippen LogP contribution < -0.4 is 0 Å². The Morgan fingerprint density at radius 1 is 0.512 bits per heavy atom. The minimum atomic E-state index is -0.0445. The minimum Gasteiger partial charge on any atom is -0.354 e. The largest absolute Gasteiger partial charge is 0.354 e. The van der Waals surface area contributed by atoms with E-state index in [-0.39, 0.29) is 11.8 Å². The monoisotopic (exact) mass is 1190 g/mol. The van der Waals surface area contributed by atoms with Gasteiger partial charge in [0.05, 0.1) is 70.9 Å². The molecular formula is C76H100N6O2S2. The molecular weight excluding hydrogens is 1090 g/mol. The Balaban J connectivity index is 1.21. The molecule has 8 nitrogen and oxygen atoms in total. The second-order valence-corrected chi connectivity index (χ2v) is 26.9. The number of allylic oxidation sites excluding steroid dienone is 3. The Morgan fingerprint density at radius 2 is 1.05 bits per heavy atom. The number of aromatic nitrogens is 4. The Hall–Kier alpha value is -6.02. The molecule has 0 spiro atoms. The van der Waals surface area contributed by atoms with Crippen molar-refractivity contribution in [3.05, 3.63) is 126 Å². The number of carbonyl (C=O) groups is 2. The van der Waals surface area contributed by atoms with Crippen LogP contribution in [0.25, 0.3) is 56.3 Å². The average Bonchev–Trinajstić information content (AvgIpc) is 1.65. The highest BCUT2D eigenvalue weighted by Crippen LogP contribution is 2.49. The van der Waals surface area contributed by atoms with Gasteiger partial charge in [0.15, 0.2) is 0 Å². The van der Waals surface area contributed by atoms with E-state index in [0.717, 1.165) is 192 Å². The van der Waals surface area contributed by atoms with E-state index in [0.29, 0.717) is 36.1 Å². The number of aromatic amines is 2. The molecule has 2 amide bonds. The molecule has 2 N–H and O–H groups in total. The van der Waals surface area contributed by atoms with Crippen molar-refractivity contribution in [1.82, 2.24) is 29.7 Å². The zero-order valence-electron chi connectivity index (χ0n) is 53.7. The van der Waals surface area contributed by atoms with Crippen LogP contribution in [0.5, 0.6) is 0 Å². The molecule has 2 atom stereocenters. The van der Waals surface area contributed by atoms with E-state index in [1.165, 1.54) is 86.5 Å². The molecule has 5 aromatic heterocycles. The summed E-state index contributed by atoms with van der Waals surface area (Å²) in [6, 6.07) is 22.2. The van der Waals surface area contributed by atoms with Gasteiger partial charge in [-0.2, -0.15) is 0 Å². The van der Waals surface area contributed by atoms with Crippen LogP contribution in [0, 0.1) is 23.7 Å². The SMILES string of the molecule is CCCCCCC1=Cc2nc1ccc1[nH]c(cc1CCCCCC)c1nc(ccc3[nH]c2cc3CCCCCC)C(CCCCCC)=C1C#Cc1ccc(C2=C3C(=O)N(CC(CC)CCCC)C(c4cccs4)=C3C(=O)N2CC(CC)CCCC)s1. The van der Waals surface area contributed by atoms with Gasteiger partial charge in [0, 0.05) is 24.1 Å². The standard InChI is InChI=1S/C76H100N6O2S2/c1-9-17-23-27-34-55-48-65-66-49-56(35-28-24-18-10-2)62(78-66)44-45-64-59(37-30-26-20-12-4)60(72(80-64)67-50-57(36-29-25-19-11-3)63(79-67)43-42-61(55)77-65)41-39-58-40-46-69(86-58)74-71-70(75(83)82(74)52-54(16-8)33-22-14-6)73(68-38-31-47-85-68)81(76(71)84)51-53(15-7)32-21-13-5/h31,38,40,42-50,53-54,78-79H,9-30,32-37,51-52H2,1-8H3. The van der Waals surface area contributed by atoms with Crippen LogP contribution in [0.2, 0.25) is 0 Å². The van der Waals surface area contributed by atoms with Gasteiger partial charge < -0.3 is 19.8 Å². The number of H-pyrrole nitrogens is 2. The quantitative estimate of drug-likeness (QED) is 0.0317. The first-order chi connectivity index (χ1) is 42.2. The van der Waals surface area contributed by atoms with Gasteiger partial charge >= 0.3 is 0 Å². The number of nitrogens with one attached hydrogen (secondary N) is 2. The van der Waals surface area contributed by atoms with Crippen molar-refractivity contribution >= 4 is 90.7 Å². The molecule has 4 aliphatic rings. The summed E-state index contributed by atoms with van der Waals surface area (Å²) < 4.78 is 0. The highest BCUT2D eigenvalue weighted by molar-refractivity contribution is 7.13. The van der Waals surface area contributed by atoms with Crippen LogP contribution in [0.15, 0.2) is 77.2 Å². The van der Waals surface area contributed by atoms with Crippen molar-refractivity contribution in [3.8, 4) is 11.8 Å². The van der Waals surface area contributed by atoms with Crippen molar-refractivity contribution in [1.29, 1.82) is 0 Å². The summed E-state index contributed by atoms with van der Waals surface area (Å²) in [5, 5.41) is 2.06. The average molecular weight is 1190 g/mol. The number of hydrogen-bond acceptors (Lipinski definition) is 6. The number of thiophene rings is 2. The number of aryl methyl sites for hydroxylation is 2. The maximum Gasteiger partial charge on any atom is 0.261 e. The molecule has 9 rings (SSSR count). The fraction of sp³-hybridized carbons (Fsp3) is 0.526. The van der Waals surface area contributed by atoms with Gasteiger partial charge in [0.1, 0.15) is 5.69 Å². The van der Waals surface area contributed by atoms with E-state index in [1.807, 2.05) is 15.9 Å². The summed E-state index contributed by atoms with van der Waals surface area (Å²) in [6.45, 7) is 19.3. The summed E-state index contributed by atoms with van der Waals surface area (Å²) in [5.74, 6) is 8.14. The number of carbonyl (C=O) groups excluding carboxylic acids is 2. The van der Waals surface area contributed by atoms with Crippen molar-refractivity contribution in [3.63, 3.8) is 0 Å². The van der Waals surface area contributed by atoms with E-state index >= 15 is 9.59 Å². The molecule has 86 heavy (non-hydrogen) atoms. The third kappa shape index (κ3) is 15.4. The van der Waals surface area contributed by atoms with Crippen LogP contribution >= 0.6 is 22.7 Å².